The maximum atomic E-state index is 11.3. The van der Waals surface area contributed by atoms with Crippen molar-refractivity contribution in [2.24, 2.45) is 0 Å². The molecular weight excluding hydrogens is 256 g/mol. The van der Waals surface area contributed by atoms with Gasteiger partial charge in [-0.3, -0.25) is 5.21 Å². The highest BCUT2D eigenvalue weighted by atomic mass is 17.0. The minimum absolute atomic E-state index is 0.00213. The summed E-state index contributed by atoms with van der Waals surface area (Å²) in [6.45, 7) is 6.95. The molecule has 114 valence electrons. The predicted molar refractivity (Wildman–Crippen MR) is 65.8 cm³/mol. The third-order valence-corrected chi connectivity index (χ3v) is 1.83. The quantitative estimate of drug-likeness (QED) is 0.407. The molecule has 0 aliphatic carbocycles. The first-order valence-electron chi connectivity index (χ1n) is 6.03. The minimum Gasteiger partial charge on any atom is -0.429 e. The van der Waals surface area contributed by atoms with Gasteiger partial charge in [-0.2, -0.15) is 5.01 Å². The lowest BCUT2D eigenvalue weighted by Gasteiger charge is -2.27. The van der Waals surface area contributed by atoms with E-state index in [1.54, 1.807) is 27.8 Å². The van der Waals surface area contributed by atoms with Crippen molar-refractivity contribution in [3.8, 4) is 0 Å². The second-order valence-electron chi connectivity index (χ2n) is 4.97. The summed E-state index contributed by atoms with van der Waals surface area (Å²) in [5.74, 6) is 0. The Morgan fingerprint density at radius 3 is 2.42 bits per heavy atom. The van der Waals surface area contributed by atoms with Crippen molar-refractivity contribution in [3.05, 3.63) is 0 Å². The van der Waals surface area contributed by atoms with Gasteiger partial charge in [0.25, 0.3) is 0 Å². The SMILES string of the molecule is CC(OC(=O)OC(C)(C)C)ON(O)N(C)CCCO. The topological polar surface area (TPSA) is 91.7 Å². The summed E-state index contributed by atoms with van der Waals surface area (Å²) in [5.41, 5.74) is -0.659. The number of nitrogens with zero attached hydrogens (tertiary/aromatic N) is 2. The molecule has 0 radical (unpaired) electrons. The molecule has 8 nitrogen and oxygen atoms in total. The van der Waals surface area contributed by atoms with Crippen molar-refractivity contribution in [2.45, 2.75) is 46.0 Å². The molecule has 1 unspecified atom stereocenters. The van der Waals surface area contributed by atoms with E-state index in [0.717, 1.165) is 0 Å². The largest absolute Gasteiger partial charge is 0.511 e. The zero-order valence-electron chi connectivity index (χ0n) is 12.1. The summed E-state index contributed by atoms with van der Waals surface area (Å²) in [7, 11) is 1.55. The van der Waals surface area contributed by atoms with Crippen molar-refractivity contribution in [3.63, 3.8) is 0 Å². The average molecular weight is 280 g/mol. The molecule has 8 heteroatoms. The summed E-state index contributed by atoms with van der Waals surface area (Å²) >= 11 is 0. The summed E-state index contributed by atoms with van der Waals surface area (Å²) in [6, 6.07) is 0. The van der Waals surface area contributed by atoms with Crippen LogP contribution in [0.4, 0.5) is 4.79 Å². The summed E-state index contributed by atoms with van der Waals surface area (Å²) < 4.78 is 9.72. The summed E-state index contributed by atoms with van der Waals surface area (Å²) in [5, 5.41) is 19.9. The maximum Gasteiger partial charge on any atom is 0.511 e. The Morgan fingerprint density at radius 1 is 1.37 bits per heavy atom. The smallest absolute Gasteiger partial charge is 0.429 e. The molecule has 0 bridgehead atoms. The van der Waals surface area contributed by atoms with Crippen LogP contribution in [-0.4, -0.2) is 58.9 Å². The fraction of sp³-hybridized carbons (Fsp3) is 0.909. The van der Waals surface area contributed by atoms with Gasteiger partial charge in [0.05, 0.1) is 0 Å². The van der Waals surface area contributed by atoms with Gasteiger partial charge in [-0.05, 0) is 27.2 Å². The molecule has 0 aliphatic rings. The maximum absolute atomic E-state index is 11.3. The average Bonchev–Trinajstić information content (AvgIpc) is 2.22. The molecule has 1 atom stereocenters. The second kappa shape index (κ2) is 8.28. The molecular formula is C11H24N2O6. The molecule has 0 amide bonds. The van der Waals surface area contributed by atoms with E-state index in [9.17, 15) is 10.0 Å². The van der Waals surface area contributed by atoms with Crippen LogP contribution in [0.15, 0.2) is 0 Å². The Bertz CT molecular complexity index is 268. The van der Waals surface area contributed by atoms with Crippen molar-refractivity contribution >= 4 is 6.16 Å². The Kier molecular flexibility index (Phi) is 7.88. The number of aliphatic hydroxyl groups excluding tert-OH is 1. The van der Waals surface area contributed by atoms with Gasteiger partial charge in [-0.25, -0.2) is 9.63 Å². The zero-order chi connectivity index (χ0) is 15.1. The van der Waals surface area contributed by atoms with Gasteiger partial charge in [-0.1, -0.05) is 0 Å². The fourth-order valence-corrected chi connectivity index (χ4v) is 1.03. The van der Waals surface area contributed by atoms with E-state index < -0.39 is 18.0 Å². The standard InChI is InChI=1S/C11H24N2O6/c1-9(17-10(15)18-11(2,3)4)19-13(16)12(5)7-6-8-14/h9,14,16H,6-8H2,1-5H3. The lowest BCUT2D eigenvalue weighted by Crippen LogP contribution is -2.41. The number of carbonyl (C=O) groups is 1. The third kappa shape index (κ3) is 9.62. The highest BCUT2D eigenvalue weighted by Gasteiger charge is 2.21. The normalized spacial score (nSPS) is 13.7. The molecule has 0 aromatic heterocycles. The zero-order valence-corrected chi connectivity index (χ0v) is 12.1. The number of ether oxygens (including phenoxy) is 2. The van der Waals surface area contributed by atoms with Gasteiger partial charge >= 0.3 is 6.16 Å². The second-order valence-corrected chi connectivity index (χ2v) is 4.97. The van der Waals surface area contributed by atoms with E-state index >= 15 is 0 Å². The highest BCUT2D eigenvalue weighted by molar-refractivity contribution is 5.60. The van der Waals surface area contributed by atoms with Crippen LogP contribution < -0.4 is 0 Å². The third-order valence-electron chi connectivity index (χ3n) is 1.83. The number of hydrogen-bond acceptors (Lipinski definition) is 8. The Morgan fingerprint density at radius 2 is 1.95 bits per heavy atom. The Hall–Kier alpha value is -0.930. The van der Waals surface area contributed by atoms with Crippen LogP contribution in [0.1, 0.15) is 34.1 Å². The number of hydrogen-bond donors (Lipinski definition) is 2. The van der Waals surface area contributed by atoms with Crippen LogP contribution in [0.25, 0.3) is 0 Å². The first-order chi connectivity index (χ1) is 8.65. The van der Waals surface area contributed by atoms with Gasteiger partial charge in [0.1, 0.15) is 5.60 Å². The molecule has 0 fully saturated rings. The van der Waals surface area contributed by atoms with Crippen LogP contribution in [0, 0.1) is 0 Å². The Labute approximate surface area is 113 Å². The van der Waals surface area contributed by atoms with E-state index in [1.807, 2.05) is 0 Å². The van der Waals surface area contributed by atoms with Crippen molar-refractivity contribution in [1.29, 1.82) is 0 Å². The van der Waals surface area contributed by atoms with Crippen LogP contribution in [0.5, 0.6) is 0 Å². The molecule has 2 N–H and O–H groups in total. The van der Waals surface area contributed by atoms with Crippen molar-refractivity contribution < 1.29 is 29.4 Å². The summed E-state index contributed by atoms with van der Waals surface area (Å²) in [4.78, 5) is 16.2. The van der Waals surface area contributed by atoms with Crippen LogP contribution in [0.3, 0.4) is 0 Å². The van der Waals surface area contributed by atoms with Crippen LogP contribution >= 0.6 is 0 Å². The summed E-state index contributed by atoms with van der Waals surface area (Å²) in [6.07, 6.45) is -1.43. The first kappa shape index (κ1) is 18.1. The number of rotatable bonds is 7. The van der Waals surface area contributed by atoms with Crippen molar-refractivity contribution in [2.75, 3.05) is 20.2 Å². The molecule has 0 saturated heterocycles. The van der Waals surface area contributed by atoms with Crippen LogP contribution in [-0.2, 0) is 14.3 Å². The Balaban J connectivity index is 4.02. The van der Waals surface area contributed by atoms with Crippen LogP contribution in [0.2, 0.25) is 0 Å². The molecule has 0 rings (SSSR count). The molecule has 0 aromatic rings. The molecule has 0 saturated carbocycles. The highest BCUT2D eigenvalue weighted by Crippen LogP contribution is 2.10. The van der Waals surface area contributed by atoms with Gasteiger partial charge in [0, 0.05) is 32.5 Å². The van der Waals surface area contributed by atoms with E-state index in [0.29, 0.717) is 18.3 Å². The van der Waals surface area contributed by atoms with Gasteiger partial charge < -0.3 is 14.6 Å². The molecule has 0 aliphatic heterocycles. The van der Waals surface area contributed by atoms with Gasteiger partial charge in [0.2, 0.25) is 6.29 Å². The fourth-order valence-electron chi connectivity index (χ4n) is 1.03. The monoisotopic (exact) mass is 280 g/mol. The van der Waals surface area contributed by atoms with Gasteiger partial charge in [-0.15, -0.1) is 0 Å². The lowest BCUT2D eigenvalue weighted by atomic mass is 10.2. The molecule has 0 heterocycles. The van der Waals surface area contributed by atoms with Gasteiger partial charge in [0.15, 0.2) is 0 Å². The predicted octanol–water partition coefficient (Wildman–Crippen LogP) is 1.14. The van der Waals surface area contributed by atoms with E-state index in [1.165, 1.54) is 11.9 Å². The minimum atomic E-state index is -1.02. The number of hydrazine groups is 1. The molecule has 0 spiro atoms. The lowest BCUT2D eigenvalue weighted by molar-refractivity contribution is -0.468. The number of carbonyl (C=O) groups excluding carboxylic acids is 1. The first-order valence-corrected chi connectivity index (χ1v) is 6.03. The van der Waals surface area contributed by atoms with E-state index in [-0.39, 0.29) is 6.61 Å². The number of aliphatic hydroxyl groups is 1. The van der Waals surface area contributed by atoms with Crippen molar-refractivity contribution in [1.82, 2.24) is 10.3 Å². The molecule has 0 aromatic carbocycles. The van der Waals surface area contributed by atoms with E-state index in [4.69, 9.17) is 19.4 Å². The molecule has 19 heavy (non-hydrogen) atoms. The van der Waals surface area contributed by atoms with E-state index in [2.05, 4.69) is 0 Å².